The lowest BCUT2D eigenvalue weighted by atomic mass is 10.1. The van der Waals surface area contributed by atoms with Crippen molar-refractivity contribution in [1.82, 2.24) is 29.9 Å². The number of aromatic nitrogens is 6. The summed E-state index contributed by atoms with van der Waals surface area (Å²) in [5.41, 5.74) is -5.18. The maximum absolute atomic E-state index is 12.7. The maximum atomic E-state index is 12.7. The van der Waals surface area contributed by atoms with Crippen molar-refractivity contribution < 1.29 is 98.2 Å². The second-order valence-corrected chi connectivity index (χ2v) is 26.8. The molecule has 0 atom stereocenters. The van der Waals surface area contributed by atoms with Crippen LogP contribution in [0.1, 0.15) is 0 Å². The Morgan fingerprint density at radius 2 is 0.750 bits per heavy atom. The average molecular weight is 1390 g/mol. The van der Waals surface area contributed by atoms with E-state index in [-0.39, 0.29) is 58.8 Å². The molecule has 0 saturated carbocycles. The fourth-order valence-corrected chi connectivity index (χ4v) is 12.0. The van der Waals surface area contributed by atoms with Crippen molar-refractivity contribution in [3.8, 4) is 11.5 Å². The number of nitrogens with zero attached hydrogens (tertiary/aromatic N) is 10. The topological polar surface area (TPSA) is 619 Å². The van der Waals surface area contributed by atoms with Gasteiger partial charge in [0.1, 0.15) is 42.3 Å². The lowest BCUT2D eigenvalue weighted by molar-refractivity contribution is 0.305. The van der Waals surface area contributed by atoms with E-state index in [1.54, 1.807) is 0 Å². The lowest BCUT2D eigenvalue weighted by Crippen LogP contribution is -2.29. The Kier molecular flexibility index (Phi) is 18.6. The molecule has 9 rings (SSSR count). The first-order valence-corrected chi connectivity index (χ1v) is 33.6. The maximum Gasteiger partial charge on any atom is 0.296 e. The number of azo groups is 2. The highest BCUT2D eigenvalue weighted by atomic mass is 32.2. The normalized spacial score (nSPS) is 13.7. The van der Waals surface area contributed by atoms with Crippen molar-refractivity contribution in [1.29, 1.82) is 0 Å². The van der Waals surface area contributed by atoms with Crippen LogP contribution in [0, 0.1) is 0 Å². The molecule has 0 bridgehead atoms. The summed E-state index contributed by atoms with van der Waals surface area (Å²) in [6.07, 6.45) is 0. The molecular formula is C48H42N16O22S6. The van der Waals surface area contributed by atoms with Gasteiger partial charge in [-0.3, -0.25) is 47.3 Å². The van der Waals surface area contributed by atoms with Crippen molar-refractivity contribution in [2.45, 2.75) is 29.4 Å². The van der Waals surface area contributed by atoms with Crippen LogP contribution in [0.25, 0.3) is 21.5 Å². The zero-order chi connectivity index (χ0) is 66.9. The van der Waals surface area contributed by atoms with Crippen molar-refractivity contribution in [2.24, 2.45) is 40.4 Å². The average Bonchev–Trinajstić information content (AvgIpc) is 0.756. The number of benzene rings is 7. The number of hydrogen-bond donors (Lipinski definition) is 16. The highest BCUT2D eigenvalue weighted by Crippen LogP contribution is 2.48. The third-order valence-electron chi connectivity index (χ3n) is 12.1. The molecule has 2 aromatic heterocycles. The van der Waals surface area contributed by atoms with Crippen LogP contribution in [-0.4, -0.2) is 154 Å². The van der Waals surface area contributed by atoms with Gasteiger partial charge in [0, 0.05) is 11.4 Å². The first-order chi connectivity index (χ1) is 43.1. The fourth-order valence-electron chi connectivity index (χ4n) is 8.33. The van der Waals surface area contributed by atoms with E-state index >= 15 is 0 Å². The molecule has 0 aliphatic carbocycles. The third-order valence-corrected chi connectivity index (χ3v) is 17.3. The van der Waals surface area contributed by atoms with Gasteiger partial charge in [0.15, 0.2) is 11.5 Å². The van der Waals surface area contributed by atoms with Gasteiger partial charge < -0.3 is 31.1 Å². The van der Waals surface area contributed by atoms with Gasteiger partial charge in [-0.05, 0) is 95.7 Å². The minimum absolute atomic E-state index is 0.196. The number of anilines is 4. The quantitative estimate of drug-likeness (QED) is 0.0383. The van der Waals surface area contributed by atoms with Crippen molar-refractivity contribution in [3.05, 3.63) is 132 Å². The predicted molar refractivity (Wildman–Crippen MR) is 316 cm³/mol. The highest BCUT2D eigenvalue weighted by Gasteiger charge is 2.28. The molecule has 38 nitrogen and oxygen atoms in total. The predicted octanol–water partition coefficient (Wildman–Crippen LogP) is 3.56. The first kappa shape index (κ1) is 66.5. The molecule has 482 valence electrons. The molecule has 9 aromatic rings. The number of hydrogen-bond acceptors (Lipinski definition) is 28. The summed E-state index contributed by atoms with van der Waals surface area (Å²) in [6, 6.07) is 18.8. The highest BCUT2D eigenvalue weighted by molar-refractivity contribution is 7.87. The smallest absolute Gasteiger partial charge is 0.296 e. The molecule has 0 fully saturated rings. The van der Waals surface area contributed by atoms with Crippen molar-refractivity contribution in [2.75, 3.05) is 36.9 Å². The number of aliphatic hydroxyl groups is 2. The number of H-pyrrole nitrogens is 4. The molecule has 0 spiro atoms. The van der Waals surface area contributed by atoms with E-state index in [0.29, 0.717) is 24.3 Å². The summed E-state index contributed by atoms with van der Waals surface area (Å²) < 4.78 is 210. The number of phenols is 2. The molecule has 44 heteroatoms. The molecule has 16 N–H and O–H groups in total. The van der Waals surface area contributed by atoms with E-state index < -0.39 is 170 Å². The molecule has 0 aliphatic heterocycles. The molecule has 7 aromatic carbocycles. The van der Waals surface area contributed by atoms with E-state index in [0.717, 1.165) is 36.4 Å². The Hall–Kier alpha value is -9.94. The monoisotopic (exact) mass is 1390 g/mol. The molecule has 2 heterocycles. The molecule has 0 aliphatic rings. The van der Waals surface area contributed by atoms with E-state index in [4.69, 9.17) is 0 Å². The Morgan fingerprint density at radius 1 is 0.402 bits per heavy atom. The van der Waals surface area contributed by atoms with Crippen LogP contribution < -0.4 is 33.1 Å². The third kappa shape index (κ3) is 15.4. The van der Waals surface area contributed by atoms with Crippen LogP contribution in [0.3, 0.4) is 0 Å². The summed E-state index contributed by atoms with van der Waals surface area (Å²) in [4.78, 5) is 30.6. The summed E-state index contributed by atoms with van der Waals surface area (Å²) in [6.45, 7) is -1.50. The minimum atomic E-state index is -5.40. The van der Waals surface area contributed by atoms with Crippen molar-refractivity contribution in [3.63, 3.8) is 0 Å². The summed E-state index contributed by atoms with van der Waals surface area (Å²) in [7, 11) is -31.1. The standard InChI is InChI=1S/C48H42N16O22S6/c65-15-13-49-43-55-45(59-47(57-43)53-31-21-27(87(69,70)71)17-23-19-35(91(81,82)83)39(41(67)37(23)31)63-61-29-5-1-3-7-33(29)89(75,76)77)51-25-9-11-26(12-10-25)52-46-56-44(50-14-16-66)58-48(60-46)54-32-22-28(88(72,73)74)18-24-20-36(92(84,85)86)40(42(68)38(24)32)64-62-30-6-2-4-8-34(30)90(78,79)80/h1-12,17-22,65-68H,13-16H2,(H,69,70,71)(H,72,73,74)(H,75,76,77)(H,78,79,80)(H,81,82,83)(H,84,85,86)(H3,49,51,53,55,57,59)(H3,50,52,54,56,58,60). The Labute approximate surface area is 514 Å². The zero-order valence-corrected chi connectivity index (χ0v) is 50.4. The summed E-state index contributed by atoms with van der Waals surface area (Å²) in [5.74, 6) is -2.70. The zero-order valence-electron chi connectivity index (χ0n) is 45.5. The molecule has 0 radical (unpaired) electrons. The Morgan fingerprint density at radius 3 is 1.08 bits per heavy atom. The van der Waals surface area contributed by atoms with Gasteiger partial charge >= 0.3 is 0 Å². The van der Waals surface area contributed by atoms with E-state index in [1.807, 2.05) is 0 Å². The number of fused-ring (bicyclic) bond motifs is 2. The Bertz CT molecular complexity index is 5260. The van der Waals surface area contributed by atoms with Gasteiger partial charge in [-0.25, -0.2) is 20.0 Å². The summed E-state index contributed by atoms with van der Waals surface area (Å²) in [5, 5.41) is 61.2. The van der Waals surface area contributed by atoms with E-state index in [9.17, 15) is 98.2 Å². The van der Waals surface area contributed by atoms with Gasteiger partial charge in [0.2, 0.25) is 34.4 Å². The number of aromatic amines is 4. The second kappa shape index (κ2) is 25.7. The Balaban J connectivity index is 1.12. The number of rotatable bonds is 20. The SMILES string of the molecule is O=S(=O)(O)c1cc(N=c2[nH]c(Nc3ccc(Nc4nc(=NCCO)[nH]c(=Nc5cc(S(=O)(=O)O)cc6cc(S(=O)(=O)O)c(N=Nc7ccccc7S(=O)(=O)O)c(O)c56)[nH]4)cc3)nc(=NCCO)[nH]2)c2c(O)c(N=Nc3ccccc3S(=O)(=O)O)c(S(=O)(=O)O)cc2c1. The second-order valence-electron chi connectivity index (χ2n) is 18.4. The fraction of sp³-hybridized carbons (Fsp3) is 0.0833. The van der Waals surface area contributed by atoms with Crippen LogP contribution in [-0.2, 0) is 60.7 Å². The number of aromatic hydroxyl groups is 2. The van der Waals surface area contributed by atoms with E-state index in [1.165, 1.54) is 48.5 Å². The van der Waals surface area contributed by atoms with Gasteiger partial charge in [-0.2, -0.15) is 60.5 Å². The van der Waals surface area contributed by atoms with Gasteiger partial charge in [-0.1, -0.05) is 24.3 Å². The molecule has 0 unspecified atom stereocenters. The van der Waals surface area contributed by atoms with Crippen LogP contribution >= 0.6 is 0 Å². The number of phenolic OH excluding ortho intramolecular Hbond substituents is 2. The van der Waals surface area contributed by atoms with E-state index in [2.05, 4.69) is 81.0 Å². The largest absolute Gasteiger partial charge is 0.505 e. The van der Waals surface area contributed by atoms with Crippen LogP contribution in [0.2, 0.25) is 0 Å². The molecule has 92 heavy (non-hydrogen) atoms. The van der Waals surface area contributed by atoms with Gasteiger partial charge in [-0.15, -0.1) is 20.5 Å². The number of nitrogens with one attached hydrogen (secondary N) is 6. The minimum Gasteiger partial charge on any atom is -0.505 e. The van der Waals surface area contributed by atoms with Crippen LogP contribution in [0.15, 0.2) is 179 Å². The molecular weight excluding hydrogens is 1350 g/mol. The van der Waals surface area contributed by atoms with Crippen LogP contribution in [0.4, 0.5) is 57.4 Å². The lowest BCUT2D eigenvalue weighted by Gasteiger charge is -2.12. The molecule has 0 amide bonds. The molecule has 0 saturated heterocycles. The van der Waals surface area contributed by atoms with Crippen molar-refractivity contribution >= 4 is 140 Å². The first-order valence-electron chi connectivity index (χ1n) is 25.0. The van der Waals surface area contributed by atoms with Crippen LogP contribution in [0.5, 0.6) is 11.5 Å². The van der Waals surface area contributed by atoms with Gasteiger partial charge in [0.05, 0.1) is 58.2 Å². The van der Waals surface area contributed by atoms with Gasteiger partial charge in [0.25, 0.3) is 60.7 Å². The summed E-state index contributed by atoms with van der Waals surface area (Å²) >= 11 is 0. The number of aliphatic hydroxyl groups excluding tert-OH is 2.